The normalized spacial score (nSPS) is 6.67. The van der Waals surface area contributed by atoms with E-state index < -0.39 is 0 Å². The Morgan fingerprint density at radius 2 is 2.33 bits per heavy atom. The molecular formula is C2H2N2OSe. The fourth-order valence-corrected chi connectivity index (χ4v) is 0.136. The Morgan fingerprint density at radius 3 is 2.50 bits per heavy atom. The zero-order valence-electron chi connectivity index (χ0n) is 2.87. The Kier molecular flexibility index (Phi) is 2.71. The van der Waals surface area contributed by atoms with E-state index in [9.17, 15) is 0 Å². The van der Waals surface area contributed by atoms with Gasteiger partial charge in [-0.1, -0.05) is 0 Å². The third kappa shape index (κ3) is 1.19. The molecule has 0 amide bonds. The summed E-state index contributed by atoms with van der Waals surface area (Å²) in [5.74, 6) is 0. The van der Waals surface area contributed by atoms with Crippen LogP contribution >= 0.6 is 0 Å². The number of rotatable bonds is 0. The van der Waals surface area contributed by atoms with Crippen LogP contribution in [-0.4, -0.2) is 27.4 Å². The van der Waals surface area contributed by atoms with Crippen molar-refractivity contribution in [3.8, 4) is 0 Å². The molecule has 6 heavy (non-hydrogen) atoms. The van der Waals surface area contributed by atoms with E-state index in [1.165, 1.54) is 12.5 Å². The first-order chi connectivity index (χ1) is 2.50. The second-order valence-electron chi connectivity index (χ2n) is 0.588. The van der Waals surface area contributed by atoms with Crippen molar-refractivity contribution < 1.29 is 4.52 Å². The van der Waals surface area contributed by atoms with Gasteiger partial charge in [0.1, 0.15) is 6.26 Å². The maximum Gasteiger partial charge on any atom is 0.144 e. The SMILES string of the molecule is [Se].c1conn1. The third-order valence-electron chi connectivity index (χ3n) is 0.283. The zero-order valence-corrected chi connectivity index (χ0v) is 4.58. The minimum atomic E-state index is 0. The van der Waals surface area contributed by atoms with Gasteiger partial charge in [-0.3, -0.25) is 0 Å². The zero-order chi connectivity index (χ0) is 3.54. The molecule has 3 nitrogen and oxygen atoms in total. The second-order valence-corrected chi connectivity index (χ2v) is 0.588. The molecule has 4 heteroatoms. The van der Waals surface area contributed by atoms with Crippen LogP contribution < -0.4 is 0 Å². The van der Waals surface area contributed by atoms with Crippen molar-refractivity contribution in [1.29, 1.82) is 0 Å². The van der Waals surface area contributed by atoms with Crippen molar-refractivity contribution in [2.75, 3.05) is 0 Å². The molecule has 0 fully saturated rings. The average molecular weight is 149 g/mol. The quantitative estimate of drug-likeness (QED) is 0.475. The van der Waals surface area contributed by atoms with Crippen LogP contribution in [-0.2, 0) is 0 Å². The molecule has 2 radical (unpaired) electrons. The molecular weight excluding hydrogens is 147 g/mol. The minimum absolute atomic E-state index is 0. The van der Waals surface area contributed by atoms with Crippen LogP contribution in [0.4, 0.5) is 0 Å². The van der Waals surface area contributed by atoms with E-state index in [1.807, 2.05) is 0 Å². The summed E-state index contributed by atoms with van der Waals surface area (Å²) in [6.45, 7) is 0. The molecule has 0 aromatic carbocycles. The standard InChI is InChI=1S/C2H2N2O.Se/c1-2-5-4-3-1;/h1-2H;. The van der Waals surface area contributed by atoms with E-state index >= 15 is 0 Å². The molecule has 0 saturated heterocycles. The summed E-state index contributed by atoms with van der Waals surface area (Å²) >= 11 is 0. The number of nitrogens with zero attached hydrogens (tertiary/aromatic N) is 2. The molecule has 0 aliphatic carbocycles. The van der Waals surface area contributed by atoms with Crippen LogP contribution in [0, 0.1) is 0 Å². The van der Waals surface area contributed by atoms with E-state index in [4.69, 9.17) is 0 Å². The summed E-state index contributed by atoms with van der Waals surface area (Å²) < 4.78 is 4.22. The van der Waals surface area contributed by atoms with Gasteiger partial charge in [0.25, 0.3) is 0 Å². The summed E-state index contributed by atoms with van der Waals surface area (Å²) in [6, 6.07) is 0. The smallest absolute Gasteiger partial charge is 0.144 e. The average Bonchev–Trinajstić information content (AvgIpc) is 1.76. The molecule has 0 spiro atoms. The van der Waals surface area contributed by atoms with Gasteiger partial charge in [0, 0.05) is 22.3 Å². The van der Waals surface area contributed by atoms with E-state index in [1.54, 1.807) is 0 Å². The molecule has 0 aliphatic heterocycles. The molecule has 1 aromatic heterocycles. The summed E-state index contributed by atoms with van der Waals surface area (Å²) in [6.07, 6.45) is 2.88. The van der Waals surface area contributed by atoms with Gasteiger partial charge in [-0.25, -0.2) is 0 Å². The molecule has 1 aromatic rings. The van der Waals surface area contributed by atoms with Gasteiger partial charge in [0.15, 0.2) is 0 Å². The summed E-state index contributed by atoms with van der Waals surface area (Å²) in [7, 11) is 0. The van der Waals surface area contributed by atoms with Crippen LogP contribution in [0.5, 0.6) is 0 Å². The van der Waals surface area contributed by atoms with Crippen LogP contribution in [0.2, 0.25) is 0 Å². The molecule has 1 rings (SSSR count). The van der Waals surface area contributed by atoms with E-state index in [2.05, 4.69) is 14.9 Å². The van der Waals surface area contributed by atoms with Gasteiger partial charge >= 0.3 is 0 Å². The summed E-state index contributed by atoms with van der Waals surface area (Å²) in [5.41, 5.74) is 0. The van der Waals surface area contributed by atoms with Crippen molar-refractivity contribution in [2.24, 2.45) is 0 Å². The van der Waals surface area contributed by atoms with Crippen LogP contribution in [0.25, 0.3) is 0 Å². The first-order valence-electron chi connectivity index (χ1n) is 1.21. The van der Waals surface area contributed by atoms with Gasteiger partial charge in [-0.05, 0) is 0 Å². The van der Waals surface area contributed by atoms with Crippen molar-refractivity contribution in [3.05, 3.63) is 12.5 Å². The van der Waals surface area contributed by atoms with Crippen molar-refractivity contribution >= 4 is 17.1 Å². The Morgan fingerprint density at radius 1 is 1.50 bits per heavy atom. The Hall–Kier alpha value is -0.341. The topological polar surface area (TPSA) is 38.9 Å². The van der Waals surface area contributed by atoms with Crippen LogP contribution in [0.15, 0.2) is 17.0 Å². The largest absolute Gasteiger partial charge is 0.346 e. The van der Waals surface area contributed by atoms with Crippen LogP contribution in [0.3, 0.4) is 0 Å². The van der Waals surface area contributed by atoms with Gasteiger partial charge in [0.05, 0.1) is 6.20 Å². The van der Waals surface area contributed by atoms with Crippen LogP contribution in [0.1, 0.15) is 0 Å². The molecule has 0 unspecified atom stereocenters. The molecule has 0 N–H and O–H groups in total. The Labute approximate surface area is 45.2 Å². The van der Waals surface area contributed by atoms with E-state index in [0.717, 1.165) is 0 Å². The minimum Gasteiger partial charge on any atom is -0.346 e. The predicted octanol–water partition coefficient (Wildman–Crippen LogP) is -0.311. The van der Waals surface area contributed by atoms with Gasteiger partial charge in [-0.2, -0.15) is 0 Å². The monoisotopic (exact) mass is 150 g/mol. The predicted molar refractivity (Wildman–Crippen MR) is 20.1 cm³/mol. The fourth-order valence-electron chi connectivity index (χ4n) is 0.136. The Balaban J connectivity index is 0.000000250. The van der Waals surface area contributed by atoms with E-state index in [0.29, 0.717) is 0 Å². The maximum absolute atomic E-state index is 4.22. The van der Waals surface area contributed by atoms with Crippen molar-refractivity contribution in [2.45, 2.75) is 0 Å². The fraction of sp³-hybridized carbons (Fsp3) is 0. The molecule has 32 valence electrons. The first kappa shape index (κ1) is 5.66. The van der Waals surface area contributed by atoms with Crippen molar-refractivity contribution in [1.82, 2.24) is 10.4 Å². The third-order valence-corrected chi connectivity index (χ3v) is 0.283. The first-order valence-corrected chi connectivity index (χ1v) is 1.21. The molecule has 0 saturated carbocycles. The number of hydrogen-bond acceptors (Lipinski definition) is 3. The molecule has 0 bridgehead atoms. The van der Waals surface area contributed by atoms with Crippen molar-refractivity contribution in [3.63, 3.8) is 0 Å². The Bertz CT molecular complexity index is 68.0. The molecule has 1 heterocycles. The van der Waals surface area contributed by atoms with Gasteiger partial charge in [-0.15, -0.1) is 5.10 Å². The van der Waals surface area contributed by atoms with E-state index in [-0.39, 0.29) is 17.1 Å². The number of hydrogen-bond donors (Lipinski definition) is 0. The summed E-state index contributed by atoms with van der Waals surface area (Å²) in [4.78, 5) is 0. The molecule has 0 aliphatic rings. The van der Waals surface area contributed by atoms with Gasteiger partial charge in [0.2, 0.25) is 0 Å². The summed E-state index contributed by atoms with van der Waals surface area (Å²) in [5, 5.41) is 6.40. The van der Waals surface area contributed by atoms with Gasteiger partial charge < -0.3 is 4.52 Å². The maximum atomic E-state index is 4.22. The second kappa shape index (κ2) is 2.87. The molecule has 0 atom stereocenters. The number of aromatic nitrogens is 2.